The van der Waals surface area contributed by atoms with Gasteiger partial charge < -0.3 is 18.4 Å². The molecule has 13 aromatic rings. The van der Waals surface area contributed by atoms with Crippen molar-refractivity contribution in [3.8, 4) is 39.5 Å². The largest absolute Gasteiger partial charge is 0.501 e. The molecule has 349 valence electrons. The van der Waals surface area contributed by atoms with Gasteiger partial charge in [-0.25, -0.2) is 0 Å². The number of pyridine rings is 1. The number of rotatable bonds is 7. The summed E-state index contributed by atoms with van der Waals surface area (Å²) >= 11 is 0. The molecule has 6 heteroatoms. The van der Waals surface area contributed by atoms with Crippen LogP contribution in [0.5, 0.6) is 0 Å². The molecule has 0 amide bonds. The minimum absolute atomic E-state index is 0. The summed E-state index contributed by atoms with van der Waals surface area (Å²) in [4.78, 5) is 9.83. The smallest absolute Gasteiger partial charge is 0.136 e. The van der Waals surface area contributed by atoms with Crippen LogP contribution < -0.4 is 0 Å². The molecule has 0 aliphatic heterocycles. The van der Waals surface area contributed by atoms with Gasteiger partial charge in [-0.3, -0.25) is 4.98 Å². The molecule has 13 rings (SSSR count). The zero-order valence-electron chi connectivity index (χ0n) is 40.5. The van der Waals surface area contributed by atoms with Gasteiger partial charge in [-0.2, -0.15) is 0 Å². The quantitative estimate of drug-likeness (QED) is 0.118. The maximum atomic E-state index is 6.35. The number of nitrogens with zero attached hydrogens (tertiary/aromatic N) is 3. The van der Waals surface area contributed by atoms with Gasteiger partial charge in [-0.1, -0.05) is 172 Å². The van der Waals surface area contributed by atoms with E-state index in [1.807, 2.05) is 36.5 Å². The van der Waals surface area contributed by atoms with Crippen molar-refractivity contribution in [2.75, 3.05) is 0 Å². The molecule has 0 N–H and O–H groups in total. The Morgan fingerprint density at radius 3 is 1.96 bits per heavy atom. The van der Waals surface area contributed by atoms with Crippen LogP contribution in [-0.4, -0.2) is 14.5 Å². The Labute approximate surface area is 427 Å². The average Bonchev–Trinajstić information content (AvgIpc) is 4.09. The van der Waals surface area contributed by atoms with Gasteiger partial charge >= 0.3 is 0 Å². The van der Waals surface area contributed by atoms with Crippen molar-refractivity contribution < 1.29 is 28.9 Å². The van der Waals surface area contributed by atoms with Crippen LogP contribution in [0.15, 0.2) is 191 Å². The molecule has 1 radical (unpaired) electrons. The predicted molar refractivity (Wildman–Crippen MR) is 291 cm³/mol. The third kappa shape index (κ3) is 8.11. The zero-order chi connectivity index (χ0) is 47.6. The fourth-order valence-corrected chi connectivity index (χ4v) is 10.2. The summed E-state index contributed by atoms with van der Waals surface area (Å²) in [5.74, 6) is 2.02. The second-order valence-electron chi connectivity index (χ2n) is 19.3. The van der Waals surface area contributed by atoms with Crippen molar-refractivity contribution in [1.29, 1.82) is 0 Å². The molecule has 71 heavy (non-hydrogen) atoms. The van der Waals surface area contributed by atoms with Gasteiger partial charge in [0.05, 0.1) is 22.4 Å². The van der Waals surface area contributed by atoms with E-state index in [9.17, 15) is 0 Å². The van der Waals surface area contributed by atoms with Gasteiger partial charge in [0.25, 0.3) is 0 Å². The van der Waals surface area contributed by atoms with E-state index in [1.54, 1.807) is 0 Å². The second-order valence-corrected chi connectivity index (χ2v) is 19.3. The van der Waals surface area contributed by atoms with Gasteiger partial charge in [0.1, 0.15) is 16.7 Å². The van der Waals surface area contributed by atoms with Crippen LogP contribution in [-0.2, 0) is 20.1 Å². The Morgan fingerprint density at radius 1 is 0.507 bits per heavy atom. The van der Waals surface area contributed by atoms with Crippen molar-refractivity contribution >= 4 is 76.5 Å². The van der Waals surface area contributed by atoms with Crippen molar-refractivity contribution in [2.24, 2.45) is 0 Å². The standard InChI is InChI=1S/C39H33N2.C26H18NO2.Ir/c1-25(2)34-23-31(27-12-6-5-7-13-27)24-35(26(3)4)38(34)41-37-17-11-10-16-36(37)40-39(41)30-20-21-33-29(22-30)19-18-28-14-8-9-15-32(28)33;1-15(2)16-10-11-27-22(12-16)19-8-5-7-18-21-14-24-20(13-25(21)29-26(18)19)17-6-3-4-9-23(17)28-24;/h5-19,21-26H,1-4H3;3-7,9-15H,1-2H3;/q2*-1;. The average molecular weight is 1100 g/mol. The molecule has 4 aromatic heterocycles. The van der Waals surface area contributed by atoms with Gasteiger partial charge in [-0.15, -0.1) is 47.3 Å². The molecule has 4 heterocycles. The van der Waals surface area contributed by atoms with E-state index in [4.69, 9.17) is 13.8 Å². The van der Waals surface area contributed by atoms with Crippen LogP contribution in [0.1, 0.15) is 76.0 Å². The molecule has 0 spiro atoms. The Balaban J connectivity index is 0.000000160. The molecule has 0 aliphatic carbocycles. The van der Waals surface area contributed by atoms with Crippen LogP contribution in [0.3, 0.4) is 0 Å². The van der Waals surface area contributed by atoms with E-state index in [2.05, 4.69) is 209 Å². The molecule has 0 bridgehead atoms. The number of hydrogen-bond donors (Lipinski definition) is 0. The summed E-state index contributed by atoms with van der Waals surface area (Å²) < 4.78 is 14.8. The van der Waals surface area contributed by atoms with Crippen molar-refractivity contribution in [3.63, 3.8) is 0 Å². The summed E-state index contributed by atoms with van der Waals surface area (Å²) in [6.07, 6.45) is 1.86. The van der Waals surface area contributed by atoms with Gasteiger partial charge in [0.15, 0.2) is 0 Å². The number of imidazole rings is 1. The number of hydrogen-bond acceptors (Lipinski definition) is 4. The maximum Gasteiger partial charge on any atom is 0.136 e. The summed E-state index contributed by atoms with van der Waals surface area (Å²) in [5.41, 5.74) is 16.0. The third-order valence-electron chi connectivity index (χ3n) is 13.9. The van der Waals surface area contributed by atoms with E-state index < -0.39 is 0 Å². The van der Waals surface area contributed by atoms with Crippen molar-refractivity contribution in [1.82, 2.24) is 14.5 Å². The summed E-state index contributed by atoms with van der Waals surface area (Å²) in [6.45, 7) is 13.6. The second kappa shape index (κ2) is 18.6. The Kier molecular flexibility index (Phi) is 12.0. The molecule has 9 aromatic carbocycles. The molecule has 0 unspecified atom stereocenters. The molecular formula is C65H51IrN3O2-2. The number of fused-ring (bicyclic) bond motifs is 10. The van der Waals surface area contributed by atoms with Gasteiger partial charge in [0.2, 0.25) is 0 Å². The first-order chi connectivity index (χ1) is 34.2. The first kappa shape index (κ1) is 45.8. The third-order valence-corrected chi connectivity index (χ3v) is 13.9. The summed E-state index contributed by atoms with van der Waals surface area (Å²) in [5, 5.41) is 9.17. The minimum atomic E-state index is 0. The molecule has 0 fully saturated rings. The van der Waals surface area contributed by atoms with E-state index in [1.165, 1.54) is 55.0 Å². The fraction of sp³-hybridized carbons (Fsp3) is 0.138. The van der Waals surface area contributed by atoms with E-state index in [0.717, 1.165) is 77.6 Å². The normalized spacial score (nSPS) is 11.8. The van der Waals surface area contributed by atoms with Crippen molar-refractivity contribution in [3.05, 3.63) is 211 Å². The van der Waals surface area contributed by atoms with E-state index >= 15 is 0 Å². The van der Waals surface area contributed by atoms with Gasteiger partial charge in [-0.05, 0) is 99.6 Å². The first-order valence-electron chi connectivity index (χ1n) is 24.4. The Bertz CT molecular complexity index is 4090. The monoisotopic (exact) mass is 1100 g/mol. The summed E-state index contributed by atoms with van der Waals surface area (Å²) in [7, 11) is 0. The van der Waals surface area contributed by atoms with Crippen LogP contribution in [0, 0.1) is 12.1 Å². The predicted octanol–water partition coefficient (Wildman–Crippen LogP) is 18.2. The van der Waals surface area contributed by atoms with Crippen LogP contribution >= 0.6 is 0 Å². The van der Waals surface area contributed by atoms with Crippen LogP contribution in [0.25, 0.3) is 116 Å². The minimum Gasteiger partial charge on any atom is -0.501 e. The number of benzene rings is 9. The molecule has 0 aliphatic rings. The molecule has 0 saturated heterocycles. The first-order valence-corrected chi connectivity index (χ1v) is 24.4. The van der Waals surface area contributed by atoms with E-state index in [0.29, 0.717) is 17.8 Å². The van der Waals surface area contributed by atoms with Crippen molar-refractivity contribution in [2.45, 2.75) is 59.3 Å². The Hall–Kier alpha value is -7.63. The van der Waals surface area contributed by atoms with Crippen LogP contribution in [0.2, 0.25) is 0 Å². The topological polar surface area (TPSA) is 57.0 Å². The maximum absolute atomic E-state index is 6.35. The van der Waals surface area contributed by atoms with E-state index in [-0.39, 0.29) is 20.1 Å². The Morgan fingerprint density at radius 2 is 1.18 bits per heavy atom. The van der Waals surface area contributed by atoms with Crippen LogP contribution in [0.4, 0.5) is 0 Å². The summed E-state index contributed by atoms with van der Waals surface area (Å²) in [6, 6.07) is 68.8. The number of para-hydroxylation sites is 3. The van der Waals surface area contributed by atoms with Gasteiger partial charge in [0, 0.05) is 48.1 Å². The number of aromatic nitrogens is 3. The fourth-order valence-electron chi connectivity index (χ4n) is 10.2. The molecular weight excluding hydrogens is 1050 g/mol. The number of furan rings is 2. The molecule has 0 saturated carbocycles. The molecule has 0 atom stereocenters. The SMILES string of the molecule is CC(C)c1cc(-c2ccccc2)cc(C(C)C)c1-n1c(-c2[c-]cc3c(ccc4ccccc43)c2)nc2ccccc21.CC(C)c1ccnc(-c2[c-]ccc3c2oc2cc4c(cc23)oc2ccccc24)c1.[Ir]. The zero-order valence-corrected chi connectivity index (χ0v) is 42.9. The molecule has 5 nitrogen and oxygen atoms in total.